The van der Waals surface area contributed by atoms with Crippen LogP contribution in [0.5, 0.6) is 5.75 Å². The molecule has 4 nitrogen and oxygen atoms in total. The first kappa shape index (κ1) is 28.6. The number of ether oxygens (including phenoxy) is 2. The van der Waals surface area contributed by atoms with Gasteiger partial charge in [0.15, 0.2) is 0 Å². The molecule has 2 saturated carbocycles. The molecule has 1 aromatic carbocycles. The lowest BCUT2D eigenvalue weighted by molar-refractivity contribution is -0.141. The van der Waals surface area contributed by atoms with Crippen molar-refractivity contribution in [3.63, 3.8) is 0 Å². The number of benzene rings is 1. The summed E-state index contributed by atoms with van der Waals surface area (Å²) >= 11 is 0. The number of nitriles is 1. The molecule has 2 aliphatic carbocycles. The average molecular weight is 500 g/mol. The van der Waals surface area contributed by atoms with Crippen molar-refractivity contribution < 1.29 is 18.7 Å². The summed E-state index contributed by atoms with van der Waals surface area (Å²) in [5.41, 5.74) is -0.0514. The van der Waals surface area contributed by atoms with E-state index in [-0.39, 0.29) is 29.3 Å². The number of carbonyl (C=O) groups is 1. The molecular formula is C31H46FNO3. The first-order valence-electron chi connectivity index (χ1n) is 14.6. The fourth-order valence-corrected chi connectivity index (χ4v) is 5.84. The van der Waals surface area contributed by atoms with Crippen LogP contribution in [0.1, 0.15) is 122 Å². The maximum atomic E-state index is 13.8. The smallest absolute Gasteiger partial charge is 0.314 e. The highest BCUT2D eigenvalue weighted by Crippen LogP contribution is 2.34. The standard InChI is InChI=1S/C31H46FNO3/c1-2-3-4-5-6-7-8-9-10-24-11-13-25(14-12-24)23-35-28-18-15-26(16-19-28)31(34)36-29-20-17-27(22-33)30(32)21-29/h17,20-21,24-26,28H,2-16,18-19,23H2,1H3. The zero-order valence-corrected chi connectivity index (χ0v) is 22.3. The van der Waals surface area contributed by atoms with E-state index in [2.05, 4.69) is 6.92 Å². The van der Waals surface area contributed by atoms with Crippen molar-refractivity contribution in [1.82, 2.24) is 0 Å². The molecule has 0 N–H and O–H groups in total. The summed E-state index contributed by atoms with van der Waals surface area (Å²) in [6, 6.07) is 5.69. The van der Waals surface area contributed by atoms with Crippen LogP contribution < -0.4 is 4.74 Å². The topological polar surface area (TPSA) is 59.3 Å². The summed E-state index contributed by atoms with van der Waals surface area (Å²) in [5, 5.41) is 8.82. The van der Waals surface area contributed by atoms with E-state index in [1.54, 1.807) is 6.07 Å². The zero-order chi connectivity index (χ0) is 25.6. The molecule has 0 bridgehead atoms. The van der Waals surface area contributed by atoms with Crippen LogP contribution in [0.3, 0.4) is 0 Å². The zero-order valence-electron chi connectivity index (χ0n) is 22.3. The van der Waals surface area contributed by atoms with Crippen LogP contribution in [-0.4, -0.2) is 18.7 Å². The molecule has 2 fully saturated rings. The molecule has 0 amide bonds. The van der Waals surface area contributed by atoms with Crippen LogP contribution in [0.4, 0.5) is 4.39 Å². The van der Waals surface area contributed by atoms with Crippen molar-refractivity contribution in [2.24, 2.45) is 17.8 Å². The number of halogens is 1. The monoisotopic (exact) mass is 499 g/mol. The lowest BCUT2D eigenvalue weighted by Crippen LogP contribution is -2.30. The molecule has 1 aromatic rings. The van der Waals surface area contributed by atoms with Gasteiger partial charge in [-0.25, -0.2) is 4.39 Å². The Balaban J connectivity index is 1.23. The van der Waals surface area contributed by atoms with E-state index in [0.717, 1.165) is 44.3 Å². The molecule has 0 aromatic heterocycles. The first-order valence-corrected chi connectivity index (χ1v) is 14.6. The van der Waals surface area contributed by atoms with Crippen molar-refractivity contribution >= 4 is 5.97 Å². The van der Waals surface area contributed by atoms with Crippen LogP contribution in [0.15, 0.2) is 18.2 Å². The molecule has 5 heteroatoms. The van der Waals surface area contributed by atoms with Gasteiger partial charge < -0.3 is 9.47 Å². The van der Waals surface area contributed by atoms with Gasteiger partial charge in [-0.2, -0.15) is 5.26 Å². The van der Waals surface area contributed by atoms with Crippen LogP contribution in [0, 0.1) is 34.9 Å². The molecule has 200 valence electrons. The number of unbranched alkanes of at least 4 members (excludes halogenated alkanes) is 7. The Morgan fingerprint density at radius 3 is 2.19 bits per heavy atom. The summed E-state index contributed by atoms with van der Waals surface area (Å²) in [6.45, 7) is 3.13. The van der Waals surface area contributed by atoms with Gasteiger partial charge in [-0.3, -0.25) is 4.79 Å². The molecule has 3 rings (SSSR count). The highest BCUT2D eigenvalue weighted by atomic mass is 19.1. The van der Waals surface area contributed by atoms with E-state index < -0.39 is 5.82 Å². The predicted octanol–water partition coefficient (Wildman–Crippen LogP) is 8.52. The molecule has 0 atom stereocenters. The van der Waals surface area contributed by atoms with E-state index in [9.17, 15) is 9.18 Å². The molecule has 0 radical (unpaired) electrons. The molecule has 0 heterocycles. The molecule has 36 heavy (non-hydrogen) atoms. The Kier molecular flexibility index (Phi) is 12.7. The Hall–Kier alpha value is -1.93. The van der Waals surface area contributed by atoms with Gasteiger partial charge in [0.25, 0.3) is 0 Å². The molecule has 0 spiro atoms. The third-order valence-electron chi connectivity index (χ3n) is 8.29. The van der Waals surface area contributed by atoms with Crippen molar-refractivity contribution in [3.8, 4) is 11.8 Å². The minimum absolute atomic E-state index is 0.0514. The van der Waals surface area contributed by atoms with Gasteiger partial charge in [0.2, 0.25) is 0 Å². The van der Waals surface area contributed by atoms with Crippen molar-refractivity contribution in [1.29, 1.82) is 5.26 Å². The third kappa shape index (κ3) is 9.85. The maximum absolute atomic E-state index is 13.8. The summed E-state index contributed by atoms with van der Waals surface area (Å²) in [4.78, 5) is 12.5. The summed E-state index contributed by atoms with van der Waals surface area (Å²) in [6.07, 6.45) is 21.4. The molecule has 0 aliphatic heterocycles. The van der Waals surface area contributed by atoms with Crippen LogP contribution in [0.25, 0.3) is 0 Å². The van der Waals surface area contributed by atoms with Gasteiger partial charge >= 0.3 is 5.97 Å². The van der Waals surface area contributed by atoms with E-state index in [1.807, 2.05) is 0 Å². The number of hydrogen-bond donors (Lipinski definition) is 0. The van der Waals surface area contributed by atoms with E-state index in [4.69, 9.17) is 14.7 Å². The Bertz CT molecular complexity index is 820. The van der Waals surface area contributed by atoms with Crippen LogP contribution in [0.2, 0.25) is 0 Å². The van der Waals surface area contributed by atoms with Gasteiger partial charge in [-0.15, -0.1) is 0 Å². The summed E-state index contributed by atoms with van der Waals surface area (Å²) in [7, 11) is 0. The second-order valence-corrected chi connectivity index (χ2v) is 11.1. The molecular weight excluding hydrogens is 453 g/mol. The lowest BCUT2D eigenvalue weighted by Gasteiger charge is -2.31. The van der Waals surface area contributed by atoms with Crippen LogP contribution in [-0.2, 0) is 9.53 Å². The first-order chi connectivity index (χ1) is 17.6. The second-order valence-electron chi connectivity index (χ2n) is 11.1. The highest BCUT2D eigenvalue weighted by molar-refractivity contribution is 5.75. The largest absolute Gasteiger partial charge is 0.426 e. The fraction of sp³-hybridized carbons (Fsp3) is 0.742. The third-order valence-corrected chi connectivity index (χ3v) is 8.29. The average Bonchev–Trinajstić information content (AvgIpc) is 2.90. The van der Waals surface area contributed by atoms with Crippen molar-refractivity contribution in [2.45, 2.75) is 122 Å². The number of rotatable bonds is 14. The SMILES string of the molecule is CCCCCCCCCCC1CCC(COC2CCC(C(=O)Oc3ccc(C#N)c(F)c3)CC2)CC1. The number of nitrogens with zero attached hydrogens (tertiary/aromatic N) is 1. The number of esters is 1. The number of hydrogen-bond acceptors (Lipinski definition) is 4. The Morgan fingerprint density at radius 1 is 0.917 bits per heavy atom. The van der Waals surface area contributed by atoms with Crippen LogP contribution >= 0.6 is 0 Å². The van der Waals surface area contributed by atoms with Gasteiger partial charge in [0.05, 0.1) is 17.6 Å². The van der Waals surface area contributed by atoms with E-state index in [0.29, 0.717) is 5.92 Å². The maximum Gasteiger partial charge on any atom is 0.314 e. The normalized spacial score (nSPS) is 24.2. The summed E-state index contributed by atoms with van der Waals surface area (Å²) in [5.74, 6) is 0.624. The van der Waals surface area contributed by atoms with E-state index >= 15 is 0 Å². The predicted molar refractivity (Wildman–Crippen MR) is 141 cm³/mol. The lowest BCUT2D eigenvalue weighted by atomic mass is 9.80. The highest BCUT2D eigenvalue weighted by Gasteiger charge is 2.29. The fourth-order valence-electron chi connectivity index (χ4n) is 5.84. The summed E-state index contributed by atoms with van der Waals surface area (Å²) < 4.78 is 25.4. The quantitative estimate of drug-likeness (QED) is 0.146. The van der Waals surface area contributed by atoms with Gasteiger partial charge in [0.1, 0.15) is 17.6 Å². The van der Waals surface area contributed by atoms with Gasteiger partial charge in [-0.05, 0) is 62.5 Å². The molecule has 0 unspecified atom stereocenters. The minimum atomic E-state index is -0.665. The number of carbonyl (C=O) groups excluding carboxylic acids is 1. The minimum Gasteiger partial charge on any atom is -0.426 e. The van der Waals surface area contributed by atoms with Gasteiger partial charge in [0, 0.05) is 12.7 Å². The Labute approximate surface area is 217 Å². The Morgan fingerprint density at radius 2 is 1.56 bits per heavy atom. The molecule has 2 aliphatic rings. The van der Waals surface area contributed by atoms with E-state index in [1.165, 1.54) is 95.6 Å². The second kappa shape index (κ2) is 16.0. The van der Waals surface area contributed by atoms with Crippen molar-refractivity contribution in [3.05, 3.63) is 29.6 Å². The molecule has 0 saturated heterocycles. The van der Waals surface area contributed by atoms with Gasteiger partial charge in [-0.1, -0.05) is 77.6 Å². The van der Waals surface area contributed by atoms with Crippen molar-refractivity contribution in [2.75, 3.05) is 6.61 Å².